The third kappa shape index (κ3) is 2.60. The standard InChI is InChI=1S/C12H14N2O3S/c1-8(13)12-14-7-11(17-12)9-3-5-10(6-4-9)18(2,15)16/h3-8H,13H2,1-2H3. The highest BCUT2D eigenvalue weighted by Crippen LogP contribution is 2.23. The van der Waals surface area contributed by atoms with Crippen molar-refractivity contribution in [1.29, 1.82) is 0 Å². The summed E-state index contributed by atoms with van der Waals surface area (Å²) < 4.78 is 28.1. The lowest BCUT2D eigenvalue weighted by Gasteiger charge is -2.00. The maximum absolute atomic E-state index is 11.3. The first kappa shape index (κ1) is 12.8. The van der Waals surface area contributed by atoms with Crippen molar-refractivity contribution in [3.8, 4) is 11.3 Å². The lowest BCUT2D eigenvalue weighted by Crippen LogP contribution is -2.04. The molecule has 1 aromatic heterocycles. The first-order valence-corrected chi connectivity index (χ1v) is 7.29. The molecule has 1 heterocycles. The Balaban J connectivity index is 2.34. The van der Waals surface area contributed by atoms with E-state index in [0.29, 0.717) is 11.7 Å². The molecule has 2 aromatic rings. The molecule has 0 aliphatic carbocycles. The largest absolute Gasteiger partial charge is 0.439 e. The quantitative estimate of drug-likeness (QED) is 0.914. The highest BCUT2D eigenvalue weighted by Gasteiger charge is 2.11. The molecule has 0 aliphatic rings. The van der Waals surface area contributed by atoms with Crippen LogP contribution < -0.4 is 5.73 Å². The normalized spacial score (nSPS) is 13.5. The topological polar surface area (TPSA) is 86.2 Å². The SMILES string of the molecule is CC(N)c1ncc(-c2ccc(S(C)(=O)=O)cc2)o1. The highest BCUT2D eigenvalue weighted by molar-refractivity contribution is 7.90. The van der Waals surface area contributed by atoms with E-state index in [9.17, 15) is 8.42 Å². The van der Waals surface area contributed by atoms with Crippen molar-refractivity contribution in [2.24, 2.45) is 5.73 Å². The fourth-order valence-electron chi connectivity index (χ4n) is 1.50. The Morgan fingerprint density at radius 1 is 1.28 bits per heavy atom. The Labute approximate surface area is 106 Å². The minimum atomic E-state index is -3.18. The van der Waals surface area contributed by atoms with Gasteiger partial charge in [0, 0.05) is 11.8 Å². The number of rotatable bonds is 3. The summed E-state index contributed by atoms with van der Waals surface area (Å²) >= 11 is 0. The molecular formula is C12H14N2O3S. The summed E-state index contributed by atoms with van der Waals surface area (Å²) in [7, 11) is -3.18. The summed E-state index contributed by atoms with van der Waals surface area (Å²) in [6.45, 7) is 1.78. The van der Waals surface area contributed by atoms with Gasteiger partial charge in [0.25, 0.3) is 0 Å². The first-order chi connectivity index (χ1) is 8.38. The maximum atomic E-state index is 11.3. The van der Waals surface area contributed by atoms with Crippen molar-refractivity contribution < 1.29 is 12.8 Å². The average Bonchev–Trinajstić information content (AvgIpc) is 2.77. The molecular weight excluding hydrogens is 252 g/mol. The third-order valence-corrected chi connectivity index (χ3v) is 3.61. The van der Waals surface area contributed by atoms with Gasteiger partial charge in [-0.3, -0.25) is 0 Å². The van der Waals surface area contributed by atoms with Crippen LogP contribution >= 0.6 is 0 Å². The van der Waals surface area contributed by atoms with E-state index in [4.69, 9.17) is 10.2 Å². The molecule has 2 N–H and O–H groups in total. The van der Waals surface area contributed by atoms with Crippen molar-refractivity contribution in [2.75, 3.05) is 6.26 Å². The van der Waals surface area contributed by atoms with E-state index >= 15 is 0 Å². The molecule has 0 saturated heterocycles. The Morgan fingerprint density at radius 3 is 2.33 bits per heavy atom. The predicted molar refractivity (Wildman–Crippen MR) is 67.7 cm³/mol. The van der Waals surface area contributed by atoms with E-state index in [2.05, 4.69) is 4.98 Å². The summed E-state index contributed by atoms with van der Waals surface area (Å²) in [5.41, 5.74) is 6.42. The molecule has 2 rings (SSSR count). The first-order valence-electron chi connectivity index (χ1n) is 5.40. The zero-order valence-electron chi connectivity index (χ0n) is 10.1. The number of hydrogen-bond acceptors (Lipinski definition) is 5. The maximum Gasteiger partial charge on any atom is 0.211 e. The second kappa shape index (κ2) is 4.55. The molecule has 96 valence electrons. The van der Waals surface area contributed by atoms with E-state index in [1.165, 1.54) is 6.26 Å². The minimum Gasteiger partial charge on any atom is -0.439 e. The zero-order chi connectivity index (χ0) is 13.3. The molecule has 0 bridgehead atoms. The third-order valence-electron chi connectivity index (χ3n) is 2.48. The van der Waals surface area contributed by atoms with E-state index in [1.807, 2.05) is 0 Å². The van der Waals surface area contributed by atoms with Crippen LogP contribution in [0.5, 0.6) is 0 Å². The number of benzene rings is 1. The summed E-state index contributed by atoms with van der Waals surface area (Å²) in [6, 6.07) is 6.18. The van der Waals surface area contributed by atoms with Crippen LogP contribution in [-0.2, 0) is 9.84 Å². The van der Waals surface area contributed by atoms with Crippen molar-refractivity contribution in [3.63, 3.8) is 0 Å². The fourth-order valence-corrected chi connectivity index (χ4v) is 2.13. The van der Waals surface area contributed by atoms with Gasteiger partial charge < -0.3 is 10.2 Å². The molecule has 0 aliphatic heterocycles. The Hall–Kier alpha value is -1.66. The monoisotopic (exact) mass is 266 g/mol. The van der Waals surface area contributed by atoms with Crippen LogP contribution in [-0.4, -0.2) is 19.7 Å². The fraction of sp³-hybridized carbons (Fsp3) is 0.250. The van der Waals surface area contributed by atoms with Gasteiger partial charge in [-0.05, 0) is 31.2 Å². The van der Waals surface area contributed by atoms with Crippen molar-refractivity contribution in [3.05, 3.63) is 36.4 Å². The van der Waals surface area contributed by atoms with Crippen LogP contribution in [0.1, 0.15) is 18.9 Å². The van der Waals surface area contributed by atoms with Crippen LogP contribution in [0.3, 0.4) is 0 Å². The second-order valence-corrected chi connectivity index (χ2v) is 6.16. The lowest BCUT2D eigenvalue weighted by molar-refractivity contribution is 0.473. The predicted octanol–water partition coefficient (Wildman–Crippen LogP) is 1.76. The van der Waals surface area contributed by atoms with E-state index in [-0.39, 0.29) is 10.9 Å². The number of aromatic nitrogens is 1. The molecule has 0 amide bonds. The molecule has 5 nitrogen and oxygen atoms in total. The highest BCUT2D eigenvalue weighted by atomic mass is 32.2. The van der Waals surface area contributed by atoms with Gasteiger partial charge >= 0.3 is 0 Å². The minimum absolute atomic E-state index is 0.269. The van der Waals surface area contributed by atoms with Crippen LogP contribution in [0.2, 0.25) is 0 Å². The van der Waals surface area contributed by atoms with Gasteiger partial charge in [-0.1, -0.05) is 0 Å². The lowest BCUT2D eigenvalue weighted by atomic mass is 10.2. The number of sulfone groups is 1. The molecule has 1 unspecified atom stereocenters. The average molecular weight is 266 g/mol. The van der Waals surface area contributed by atoms with E-state index in [1.54, 1.807) is 37.4 Å². The molecule has 0 radical (unpaired) electrons. The van der Waals surface area contributed by atoms with Gasteiger partial charge in [-0.2, -0.15) is 0 Å². The molecule has 0 saturated carbocycles. The van der Waals surface area contributed by atoms with Crippen molar-refractivity contribution in [2.45, 2.75) is 17.9 Å². The van der Waals surface area contributed by atoms with Crippen molar-refractivity contribution in [1.82, 2.24) is 4.98 Å². The van der Waals surface area contributed by atoms with Crippen molar-refractivity contribution >= 4 is 9.84 Å². The summed E-state index contributed by atoms with van der Waals surface area (Å²) in [6.07, 6.45) is 2.75. The van der Waals surface area contributed by atoms with Gasteiger partial charge in [0.05, 0.1) is 17.1 Å². The molecule has 1 atom stereocenters. The number of hydrogen-bond donors (Lipinski definition) is 1. The zero-order valence-corrected chi connectivity index (χ0v) is 10.9. The van der Waals surface area contributed by atoms with Gasteiger partial charge in [-0.15, -0.1) is 0 Å². The van der Waals surface area contributed by atoms with E-state index in [0.717, 1.165) is 5.56 Å². The molecule has 6 heteroatoms. The molecule has 0 spiro atoms. The molecule has 1 aromatic carbocycles. The summed E-state index contributed by atoms with van der Waals surface area (Å²) in [5.74, 6) is 1.03. The smallest absolute Gasteiger partial charge is 0.211 e. The number of oxazole rings is 1. The number of nitrogens with zero attached hydrogens (tertiary/aromatic N) is 1. The van der Waals surface area contributed by atoms with Gasteiger partial charge in [0.1, 0.15) is 0 Å². The molecule has 18 heavy (non-hydrogen) atoms. The van der Waals surface area contributed by atoms with Gasteiger partial charge in [-0.25, -0.2) is 13.4 Å². The van der Waals surface area contributed by atoms with Gasteiger partial charge in [0.2, 0.25) is 5.89 Å². The molecule has 0 fully saturated rings. The van der Waals surface area contributed by atoms with Crippen LogP contribution in [0.15, 0.2) is 39.8 Å². The van der Waals surface area contributed by atoms with Crippen LogP contribution in [0.25, 0.3) is 11.3 Å². The Bertz CT molecular complexity index is 642. The van der Waals surface area contributed by atoms with Crippen LogP contribution in [0.4, 0.5) is 0 Å². The second-order valence-electron chi connectivity index (χ2n) is 4.15. The Morgan fingerprint density at radius 2 is 1.89 bits per heavy atom. The summed E-state index contributed by atoms with van der Waals surface area (Å²) in [5, 5.41) is 0. The summed E-state index contributed by atoms with van der Waals surface area (Å²) in [4.78, 5) is 4.33. The van der Waals surface area contributed by atoms with E-state index < -0.39 is 9.84 Å². The van der Waals surface area contributed by atoms with Gasteiger partial charge in [0.15, 0.2) is 15.6 Å². The Kier molecular flexibility index (Phi) is 3.23. The van der Waals surface area contributed by atoms with Crippen LogP contribution in [0, 0.1) is 0 Å². The number of nitrogens with two attached hydrogens (primary N) is 1.